The maximum Gasteiger partial charge on any atom is 0.355 e. The quantitative estimate of drug-likeness (QED) is 0.119. The van der Waals surface area contributed by atoms with Gasteiger partial charge in [0, 0.05) is 31.2 Å². The maximum absolute atomic E-state index is 12.5. The molecule has 43 heavy (non-hydrogen) atoms. The van der Waals surface area contributed by atoms with Crippen LogP contribution in [0.25, 0.3) is 22.3 Å². The van der Waals surface area contributed by atoms with E-state index in [0.29, 0.717) is 25.8 Å². The van der Waals surface area contributed by atoms with Gasteiger partial charge in [-0.3, -0.25) is 0 Å². The fourth-order valence-corrected chi connectivity index (χ4v) is 6.77. The SMILES string of the molecule is C=CC(SC(Oc1ccccc1)C(=O)O)(c1ccc(-c2cc(Cl)ccc2Cl)cc1)c1ccc(-c2cc(Cl)ccc2Cl)cc1. The molecule has 8 heteroatoms. The van der Waals surface area contributed by atoms with Crippen LogP contribution < -0.4 is 4.74 Å². The molecule has 0 aliphatic heterocycles. The molecular formula is C35H24Cl4O3S. The fourth-order valence-electron chi connectivity index (χ4n) is 4.74. The van der Waals surface area contributed by atoms with Crippen LogP contribution in [0.2, 0.25) is 20.1 Å². The lowest BCUT2D eigenvalue weighted by atomic mass is 9.88. The first kappa shape index (κ1) is 31.1. The van der Waals surface area contributed by atoms with Gasteiger partial charge in [-0.1, -0.05) is 131 Å². The summed E-state index contributed by atoms with van der Waals surface area (Å²) in [5.41, 5.74) is 3.63. The first-order valence-electron chi connectivity index (χ1n) is 13.1. The summed E-state index contributed by atoms with van der Waals surface area (Å²) in [6.07, 6.45) is 1.74. The van der Waals surface area contributed by atoms with Gasteiger partial charge in [0.1, 0.15) is 5.75 Å². The molecule has 1 N–H and O–H groups in total. The van der Waals surface area contributed by atoms with Crippen LogP contribution in [-0.2, 0) is 9.54 Å². The van der Waals surface area contributed by atoms with Gasteiger partial charge >= 0.3 is 5.97 Å². The number of ether oxygens (including phenoxy) is 1. The van der Waals surface area contributed by atoms with E-state index in [1.807, 2.05) is 66.7 Å². The van der Waals surface area contributed by atoms with Crippen molar-refractivity contribution in [1.29, 1.82) is 0 Å². The number of benzene rings is 5. The van der Waals surface area contributed by atoms with E-state index in [0.717, 1.165) is 45.1 Å². The highest BCUT2D eigenvalue weighted by molar-refractivity contribution is 8.01. The molecular weight excluding hydrogens is 642 g/mol. The molecule has 216 valence electrons. The Labute approximate surface area is 274 Å². The number of hydrogen-bond acceptors (Lipinski definition) is 3. The highest BCUT2D eigenvalue weighted by atomic mass is 35.5. The van der Waals surface area contributed by atoms with Crippen molar-refractivity contribution >= 4 is 64.1 Å². The van der Waals surface area contributed by atoms with E-state index in [2.05, 4.69) is 6.58 Å². The third kappa shape index (κ3) is 6.90. The Hall–Kier alpha value is -3.38. The van der Waals surface area contributed by atoms with Crippen LogP contribution in [0.1, 0.15) is 11.1 Å². The molecule has 0 fully saturated rings. The maximum atomic E-state index is 12.5. The van der Waals surface area contributed by atoms with Crippen molar-refractivity contribution in [3.05, 3.63) is 159 Å². The predicted octanol–water partition coefficient (Wildman–Crippen LogP) is 11.3. The molecule has 0 heterocycles. The fraction of sp³-hybridized carbons (Fsp3) is 0.0571. The van der Waals surface area contributed by atoms with Crippen molar-refractivity contribution in [3.8, 4) is 28.0 Å². The number of carbonyl (C=O) groups is 1. The second-order valence-electron chi connectivity index (χ2n) is 9.56. The standard InChI is InChI=1S/C35H24Cl4O3S/c1-2-35(43-34(33(40)41)42-28-6-4-3-5-7-28,24-12-8-22(9-13-24)29-20-26(36)16-18-31(29)38)25-14-10-23(11-15-25)30-21-27(37)17-19-32(30)39/h2-21,34H,1H2,(H,40,41). The zero-order chi connectivity index (χ0) is 30.6. The van der Waals surface area contributed by atoms with E-state index in [-0.39, 0.29) is 0 Å². The summed E-state index contributed by atoms with van der Waals surface area (Å²) in [6.45, 7) is 4.17. The normalized spacial score (nSPS) is 12.0. The number of aliphatic carboxylic acids is 1. The van der Waals surface area contributed by atoms with Crippen LogP contribution in [0.15, 0.2) is 128 Å². The van der Waals surface area contributed by atoms with Crippen LogP contribution in [0.4, 0.5) is 0 Å². The van der Waals surface area contributed by atoms with Crippen LogP contribution in [0.5, 0.6) is 5.75 Å². The monoisotopic (exact) mass is 664 g/mol. The van der Waals surface area contributed by atoms with E-state index in [1.165, 1.54) is 0 Å². The molecule has 0 spiro atoms. The molecule has 5 rings (SSSR count). The summed E-state index contributed by atoms with van der Waals surface area (Å²) in [5.74, 6) is -0.679. The number of rotatable bonds is 10. The molecule has 5 aromatic carbocycles. The van der Waals surface area contributed by atoms with E-state index < -0.39 is 16.2 Å². The number of halogens is 4. The molecule has 0 amide bonds. The van der Waals surface area contributed by atoms with E-state index in [9.17, 15) is 9.90 Å². The van der Waals surface area contributed by atoms with Gasteiger partial charge in [-0.2, -0.15) is 0 Å². The molecule has 0 aromatic heterocycles. The number of carboxylic acid groups (broad SMARTS) is 1. The number of thioether (sulfide) groups is 1. The molecule has 0 saturated heterocycles. The van der Waals surface area contributed by atoms with Gasteiger partial charge in [0.05, 0.1) is 4.75 Å². The molecule has 1 atom stereocenters. The average molecular weight is 666 g/mol. The van der Waals surface area contributed by atoms with Gasteiger partial charge in [0.15, 0.2) is 0 Å². The van der Waals surface area contributed by atoms with E-state index in [1.54, 1.807) is 54.6 Å². The highest BCUT2D eigenvalue weighted by Gasteiger charge is 2.39. The van der Waals surface area contributed by atoms with Gasteiger partial charge in [0.25, 0.3) is 0 Å². The van der Waals surface area contributed by atoms with Gasteiger partial charge < -0.3 is 9.84 Å². The van der Waals surface area contributed by atoms with Crippen molar-refractivity contribution in [2.45, 2.75) is 10.2 Å². The first-order valence-corrected chi connectivity index (χ1v) is 15.5. The summed E-state index contributed by atoms with van der Waals surface area (Å²) < 4.78 is 4.95. The van der Waals surface area contributed by atoms with Gasteiger partial charge in [-0.05, 0) is 70.8 Å². The lowest BCUT2D eigenvalue weighted by Gasteiger charge is -2.34. The second-order valence-corrected chi connectivity index (χ2v) is 12.6. The lowest BCUT2D eigenvalue weighted by molar-refractivity contribution is -0.140. The summed E-state index contributed by atoms with van der Waals surface area (Å²) in [7, 11) is 0. The van der Waals surface area contributed by atoms with Gasteiger partial charge in [0.2, 0.25) is 5.44 Å². The molecule has 0 aliphatic rings. The van der Waals surface area contributed by atoms with Crippen molar-refractivity contribution in [3.63, 3.8) is 0 Å². The Bertz CT molecular complexity index is 1660. The first-order chi connectivity index (χ1) is 20.7. The Morgan fingerprint density at radius 3 is 1.60 bits per heavy atom. The van der Waals surface area contributed by atoms with E-state index >= 15 is 0 Å². The Kier molecular flexibility index (Phi) is 9.75. The topological polar surface area (TPSA) is 46.5 Å². The highest BCUT2D eigenvalue weighted by Crippen LogP contribution is 2.48. The summed E-state index contributed by atoms with van der Waals surface area (Å²) in [4.78, 5) is 12.5. The minimum absolute atomic E-state index is 0.442. The number of carboxylic acids is 1. The number of para-hydroxylation sites is 1. The third-order valence-electron chi connectivity index (χ3n) is 6.87. The summed E-state index contributed by atoms with van der Waals surface area (Å²) in [5, 5.41) is 12.5. The molecule has 0 bridgehead atoms. The Morgan fingerprint density at radius 1 is 0.721 bits per heavy atom. The number of hydrogen-bond donors (Lipinski definition) is 1. The summed E-state index contributed by atoms with van der Waals surface area (Å²) in [6, 6.07) is 34.9. The van der Waals surface area contributed by atoms with Gasteiger partial charge in [-0.25, -0.2) is 4.79 Å². The molecule has 3 nitrogen and oxygen atoms in total. The van der Waals surface area contributed by atoms with Crippen molar-refractivity contribution in [2.75, 3.05) is 0 Å². The third-order valence-corrected chi connectivity index (χ3v) is 9.53. The van der Waals surface area contributed by atoms with Gasteiger partial charge in [-0.15, -0.1) is 6.58 Å². The Balaban J connectivity index is 1.60. The Morgan fingerprint density at radius 2 is 1.19 bits per heavy atom. The van der Waals surface area contributed by atoms with Crippen LogP contribution in [0.3, 0.4) is 0 Å². The molecule has 5 aromatic rings. The minimum atomic E-state index is -1.26. The summed E-state index contributed by atoms with van der Waals surface area (Å²) >= 11 is 26.6. The molecule has 1 unspecified atom stereocenters. The molecule has 0 radical (unpaired) electrons. The zero-order valence-electron chi connectivity index (χ0n) is 22.5. The van der Waals surface area contributed by atoms with Crippen LogP contribution in [-0.4, -0.2) is 16.5 Å². The molecule has 0 saturated carbocycles. The predicted molar refractivity (Wildman–Crippen MR) is 181 cm³/mol. The zero-order valence-corrected chi connectivity index (χ0v) is 26.4. The average Bonchev–Trinajstić information content (AvgIpc) is 3.02. The minimum Gasteiger partial charge on any atom is -0.478 e. The van der Waals surface area contributed by atoms with E-state index in [4.69, 9.17) is 51.1 Å². The van der Waals surface area contributed by atoms with Crippen molar-refractivity contribution in [1.82, 2.24) is 0 Å². The molecule has 0 aliphatic carbocycles. The largest absolute Gasteiger partial charge is 0.478 e. The second kappa shape index (κ2) is 13.5. The van der Waals surface area contributed by atoms with Crippen molar-refractivity contribution in [2.24, 2.45) is 0 Å². The van der Waals surface area contributed by atoms with Crippen LogP contribution >= 0.6 is 58.2 Å². The van der Waals surface area contributed by atoms with Crippen LogP contribution in [0, 0.1) is 0 Å². The van der Waals surface area contributed by atoms with Crippen molar-refractivity contribution < 1.29 is 14.6 Å². The lowest BCUT2D eigenvalue weighted by Crippen LogP contribution is -2.32. The smallest absolute Gasteiger partial charge is 0.355 e.